The van der Waals surface area contributed by atoms with Crippen LogP contribution in [-0.2, 0) is 26.3 Å². The number of hydrogen-bond donors (Lipinski definition) is 2. The van der Waals surface area contributed by atoms with Crippen molar-refractivity contribution in [2.45, 2.75) is 30.9 Å². The van der Waals surface area contributed by atoms with Crippen molar-refractivity contribution in [3.63, 3.8) is 0 Å². The summed E-state index contributed by atoms with van der Waals surface area (Å²) >= 11 is 0. The molecule has 0 aliphatic carbocycles. The summed E-state index contributed by atoms with van der Waals surface area (Å²) in [6.07, 6.45) is 1.82. The van der Waals surface area contributed by atoms with Gasteiger partial charge in [-0.15, -0.1) is 0 Å². The summed E-state index contributed by atoms with van der Waals surface area (Å²) in [5.41, 5.74) is 3.69. The van der Waals surface area contributed by atoms with E-state index in [1.165, 1.54) is 11.3 Å². The molecule has 0 bridgehead atoms. The van der Waals surface area contributed by atoms with Gasteiger partial charge in [0.15, 0.2) is 0 Å². The van der Waals surface area contributed by atoms with E-state index < -0.39 is 6.04 Å². The van der Waals surface area contributed by atoms with Crippen LogP contribution >= 0.6 is 0 Å². The molecule has 2 aromatic rings. The van der Waals surface area contributed by atoms with Gasteiger partial charge in [-0.25, -0.2) is 0 Å². The first-order valence-corrected chi connectivity index (χ1v) is 11.6. The van der Waals surface area contributed by atoms with Gasteiger partial charge in [-0.3, -0.25) is 9.59 Å². The summed E-state index contributed by atoms with van der Waals surface area (Å²) in [6.45, 7) is 3.05. The van der Waals surface area contributed by atoms with Gasteiger partial charge in [0.05, 0.1) is 19.8 Å². The highest BCUT2D eigenvalue weighted by Crippen LogP contribution is 2.43. The molecule has 2 aromatic carbocycles. The maximum absolute atomic E-state index is 13.4. The number of likely N-dealkylation sites (tertiary alicyclic amines) is 1. The maximum Gasteiger partial charge on any atom is 0.247 e. The highest BCUT2D eigenvalue weighted by Gasteiger charge is 2.42. The lowest BCUT2D eigenvalue weighted by atomic mass is 9.74. The van der Waals surface area contributed by atoms with Crippen molar-refractivity contribution in [1.82, 2.24) is 15.1 Å². The molecule has 1 saturated heterocycles. The molecule has 176 valence electrons. The van der Waals surface area contributed by atoms with E-state index >= 15 is 0 Å². The lowest BCUT2D eigenvalue weighted by Crippen LogP contribution is -2.55. The smallest absolute Gasteiger partial charge is 0.247 e. The molecule has 0 saturated carbocycles. The van der Waals surface area contributed by atoms with Crippen LogP contribution in [0, 0.1) is 0 Å². The van der Waals surface area contributed by atoms with Gasteiger partial charge in [0.25, 0.3) is 0 Å². The number of nitrogens with zero attached hydrogens (tertiary/aromatic N) is 2. The summed E-state index contributed by atoms with van der Waals surface area (Å²) < 4.78 is 5.85. The van der Waals surface area contributed by atoms with Crippen molar-refractivity contribution in [3.8, 4) is 0 Å². The van der Waals surface area contributed by atoms with Crippen LogP contribution in [0.4, 0.5) is 5.69 Å². The summed E-state index contributed by atoms with van der Waals surface area (Å²) in [5.74, 6) is -0.242. The number of fused-ring (bicyclic) bond motifs is 2. The predicted octanol–water partition coefficient (Wildman–Crippen LogP) is 2.24. The highest BCUT2D eigenvalue weighted by atomic mass is 16.5. The minimum atomic E-state index is -0.691. The Balaban J connectivity index is 1.38. The number of ether oxygens (including phenoxy) is 1. The third kappa shape index (κ3) is 5.54. The molecule has 7 nitrogen and oxygen atoms in total. The summed E-state index contributed by atoms with van der Waals surface area (Å²) in [5, 5.41) is 6.43. The molecule has 2 aliphatic rings. The number of rotatable bonds is 8. The van der Waals surface area contributed by atoms with Crippen molar-refractivity contribution >= 4 is 17.5 Å². The topological polar surface area (TPSA) is 73.9 Å². The van der Waals surface area contributed by atoms with Crippen molar-refractivity contribution < 1.29 is 14.3 Å². The zero-order valence-corrected chi connectivity index (χ0v) is 19.5. The molecule has 2 aliphatic heterocycles. The molecule has 1 spiro atoms. The van der Waals surface area contributed by atoms with Crippen LogP contribution in [0.25, 0.3) is 0 Å². The first-order chi connectivity index (χ1) is 16.0. The number of nitrogens with one attached hydrogen (secondary N) is 2. The third-order valence-corrected chi connectivity index (χ3v) is 6.64. The van der Waals surface area contributed by atoms with Gasteiger partial charge < -0.3 is 25.2 Å². The van der Waals surface area contributed by atoms with E-state index in [0.717, 1.165) is 24.9 Å². The Bertz CT molecular complexity index is 955. The molecule has 2 amide bonds. The Kier molecular flexibility index (Phi) is 7.30. The van der Waals surface area contributed by atoms with Crippen LogP contribution in [0.1, 0.15) is 24.0 Å². The maximum atomic E-state index is 13.4. The summed E-state index contributed by atoms with van der Waals surface area (Å²) in [6, 6.07) is 17.6. The van der Waals surface area contributed by atoms with Crippen LogP contribution in [-0.4, -0.2) is 74.5 Å². The van der Waals surface area contributed by atoms with E-state index in [2.05, 4.69) is 34.9 Å². The molecule has 7 heteroatoms. The molecule has 4 rings (SSSR count). The van der Waals surface area contributed by atoms with Crippen molar-refractivity contribution in [1.29, 1.82) is 0 Å². The highest BCUT2D eigenvalue weighted by molar-refractivity contribution is 5.88. The quantitative estimate of drug-likeness (QED) is 0.645. The monoisotopic (exact) mass is 450 g/mol. The lowest BCUT2D eigenvalue weighted by molar-refractivity contribution is -0.139. The van der Waals surface area contributed by atoms with Gasteiger partial charge in [-0.1, -0.05) is 48.5 Å². The Morgan fingerprint density at radius 1 is 1.09 bits per heavy atom. The van der Waals surface area contributed by atoms with Crippen LogP contribution in [0.2, 0.25) is 0 Å². The number of carbonyl (C=O) groups excluding carboxylic acids is 2. The molecule has 33 heavy (non-hydrogen) atoms. The zero-order valence-electron chi connectivity index (χ0n) is 19.5. The molecule has 0 unspecified atom stereocenters. The number of piperidine rings is 1. The normalized spacial score (nSPS) is 17.5. The molecule has 0 radical (unpaired) electrons. The Hall–Kier alpha value is -2.90. The Morgan fingerprint density at radius 3 is 2.52 bits per heavy atom. The fraction of sp³-hybridized carbons (Fsp3) is 0.462. The van der Waals surface area contributed by atoms with E-state index in [1.807, 2.05) is 49.3 Å². The fourth-order valence-electron chi connectivity index (χ4n) is 4.85. The molecule has 2 heterocycles. The minimum Gasteiger partial charge on any atom is -0.384 e. The van der Waals surface area contributed by atoms with Crippen molar-refractivity contribution in [2.24, 2.45) is 0 Å². The van der Waals surface area contributed by atoms with Crippen molar-refractivity contribution in [2.75, 3.05) is 52.2 Å². The number of likely N-dealkylation sites (N-methyl/N-ethyl adjacent to an activating group) is 1. The molecule has 0 aromatic heterocycles. The van der Waals surface area contributed by atoms with Crippen molar-refractivity contribution in [3.05, 3.63) is 65.7 Å². The second-order valence-corrected chi connectivity index (χ2v) is 9.36. The molecule has 1 fully saturated rings. The van der Waals surface area contributed by atoms with Crippen LogP contribution in [0.15, 0.2) is 54.6 Å². The van der Waals surface area contributed by atoms with Crippen LogP contribution in [0.3, 0.4) is 0 Å². The fourth-order valence-corrected chi connectivity index (χ4v) is 4.85. The number of para-hydroxylation sites is 1. The van der Waals surface area contributed by atoms with Gasteiger partial charge in [0.2, 0.25) is 11.8 Å². The van der Waals surface area contributed by atoms with E-state index in [9.17, 15) is 9.59 Å². The van der Waals surface area contributed by atoms with Gasteiger partial charge in [-0.05, 0) is 44.1 Å². The van der Waals surface area contributed by atoms with Gasteiger partial charge in [-0.2, -0.15) is 0 Å². The number of anilines is 1. The van der Waals surface area contributed by atoms with Gasteiger partial charge >= 0.3 is 0 Å². The first kappa shape index (κ1) is 23.3. The third-order valence-electron chi connectivity index (χ3n) is 6.64. The molecular formula is C26H34N4O3. The lowest BCUT2D eigenvalue weighted by Gasteiger charge is -2.40. The molecular weight excluding hydrogens is 416 g/mol. The zero-order chi connectivity index (χ0) is 23.3. The summed E-state index contributed by atoms with van der Waals surface area (Å²) in [7, 11) is 3.67. The SMILES string of the molecule is CN(C)CC(=O)N[C@H](COCc1ccccc1)C(=O)N1CCC2(CC1)CNc1ccccc12. The van der Waals surface area contributed by atoms with E-state index in [1.54, 1.807) is 4.90 Å². The number of carbonyl (C=O) groups is 2. The predicted molar refractivity (Wildman–Crippen MR) is 129 cm³/mol. The number of amides is 2. The van der Waals surface area contributed by atoms with E-state index in [0.29, 0.717) is 19.7 Å². The molecule has 2 N–H and O–H groups in total. The molecule has 1 atom stereocenters. The first-order valence-electron chi connectivity index (χ1n) is 11.6. The Labute approximate surface area is 196 Å². The average Bonchev–Trinajstić information content (AvgIpc) is 3.17. The minimum absolute atomic E-state index is 0.0655. The summed E-state index contributed by atoms with van der Waals surface area (Å²) in [4.78, 5) is 29.5. The standard InChI is InChI=1S/C26H34N4O3/c1-29(2)16-24(31)28-23(18-33-17-20-8-4-3-5-9-20)25(32)30-14-12-26(13-15-30)19-27-22-11-7-6-10-21(22)26/h3-11,23,27H,12-19H2,1-2H3,(H,28,31)/t23-/m1/s1. The van der Waals surface area contributed by atoms with Crippen LogP contribution in [0.5, 0.6) is 0 Å². The number of benzene rings is 2. The largest absolute Gasteiger partial charge is 0.384 e. The van der Waals surface area contributed by atoms with Crippen LogP contribution < -0.4 is 10.6 Å². The second kappa shape index (κ2) is 10.4. The van der Waals surface area contributed by atoms with E-state index in [-0.39, 0.29) is 30.4 Å². The second-order valence-electron chi connectivity index (χ2n) is 9.36. The number of hydrogen-bond acceptors (Lipinski definition) is 5. The average molecular weight is 451 g/mol. The van der Waals surface area contributed by atoms with Gasteiger partial charge in [0.1, 0.15) is 6.04 Å². The van der Waals surface area contributed by atoms with E-state index in [4.69, 9.17) is 4.74 Å². The van der Waals surface area contributed by atoms with Gasteiger partial charge in [0, 0.05) is 30.7 Å². The Morgan fingerprint density at radius 2 is 1.79 bits per heavy atom.